The van der Waals surface area contributed by atoms with E-state index in [1.54, 1.807) is 0 Å². The van der Waals surface area contributed by atoms with Crippen LogP contribution >= 0.6 is 0 Å². The molecule has 2 aromatic rings. The van der Waals surface area contributed by atoms with Gasteiger partial charge < -0.3 is 25.2 Å². The van der Waals surface area contributed by atoms with Gasteiger partial charge >= 0.3 is 0 Å². The Morgan fingerprint density at radius 2 is 1.82 bits per heavy atom. The predicted molar refractivity (Wildman–Crippen MR) is 151 cm³/mol. The number of fused-ring (bicyclic) bond motifs is 4. The van der Waals surface area contributed by atoms with Gasteiger partial charge in [-0.25, -0.2) is 9.97 Å². The monoisotopic (exact) mass is 530 g/mol. The minimum atomic E-state index is -0.322. The molecule has 1 aliphatic carbocycles. The normalized spacial score (nSPS) is 25.2. The van der Waals surface area contributed by atoms with Crippen LogP contribution in [0.5, 0.6) is 0 Å². The largest absolute Gasteiger partial charge is 0.379 e. The summed E-state index contributed by atoms with van der Waals surface area (Å²) in [5.74, 6) is 2.11. The third-order valence-electron chi connectivity index (χ3n) is 9.30. The first-order valence-corrected chi connectivity index (χ1v) is 14.6. The van der Waals surface area contributed by atoms with E-state index in [9.17, 15) is 4.79 Å². The van der Waals surface area contributed by atoms with Crippen molar-refractivity contribution in [1.29, 1.82) is 0 Å². The number of pyridine rings is 1. The van der Waals surface area contributed by atoms with Crippen LogP contribution in [0.15, 0.2) is 30.6 Å². The van der Waals surface area contributed by atoms with Crippen LogP contribution in [0, 0.1) is 0 Å². The first-order chi connectivity index (χ1) is 19.2. The first kappa shape index (κ1) is 24.8. The molecule has 4 fully saturated rings. The number of nitrogens with one attached hydrogen (secondary N) is 2. The maximum Gasteiger partial charge on any atom is 0.246 e. The van der Waals surface area contributed by atoms with Crippen molar-refractivity contribution in [2.45, 2.75) is 62.6 Å². The summed E-state index contributed by atoms with van der Waals surface area (Å²) >= 11 is 0. The standard InChI is InChI=1S/C29H38N8O2/c38-27-24-6-4-21-18-31-28(34-26(21)37(24)29(20-32-27)10-2-1-3-11-29)33-25-7-5-23(19-30-25)35-12-8-22(9-13-35)36-14-16-39-17-15-36/h4-7,18-19,22,24H,1-3,8-17,20H2,(H,32,38)(H,30,31,33,34). The Kier molecular flexibility index (Phi) is 6.60. The fraction of sp³-hybridized carbons (Fsp3) is 0.586. The highest BCUT2D eigenvalue weighted by Crippen LogP contribution is 2.43. The van der Waals surface area contributed by atoms with E-state index in [1.165, 1.54) is 32.1 Å². The molecule has 0 aromatic carbocycles. The van der Waals surface area contributed by atoms with Gasteiger partial charge in [0.05, 0.1) is 30.6 Å². The molecule has 10 heteroatoms. The molecule has 39 heavy (non-hydrogen) atoms. The van der Waals surface area contributed by atoms with Crippen LogP contribution in [0.4, 0.5) is 23.3 Å². The Morgan fingerprint density at radius 3 is 2.59 bits per heavy atom. The zero-order valence-electron chi connectivity index (χ0n) is 22.5. The maximum absolute atomic E-state index is 12.8. The summed E-state index contributed by atoms with van der Waals surface area (Å²) in [4.78, 5) is 34.3. The Balaban J connectivity index is 1.05. The van der Waals surface area contributed by atoms with E-state index >= 15 is 0 Å². The Hall–Kier alpha value is -3.24. The lowest BCUT2D eigenvalue weighted by Gasteiger charge is -2.54. The molecule has 1 atom stereocenters. The molecule has 206 valence electrons. The average molecular weight is 531 g/mol. The lowest BCUT2D eigenvalue weighted by molar-refractivity contribution is -0.123. The third-order valence-corrected chi connectivity index (χ3v) is 9.30. The highest BCUT2D eigenvalue weighted by Gasteiger charge is 2.49. The summed E-state index contributed by atoms with van der Waals surface area (Å²) in [6.07, 6.45) is 15.9. The van der Waals surface area contributed by atoms with Gasteiger partial charge in [-0.15, -0.1) is 0 Å². The second-order valence-electron chi connectivity index (χ2n) is 11.5. The van der Waals surface area contributed by atoms with Gasteiger partial charge in [0.2, 0.25) is 11.9 Å². The number of piperazine rings is 1. The van der Waals surface area contributed by atoms with Crippen LogP contribution in [0.25, 0.3) is 6.08 Å². The number of anilines is 4. The number of hydrogen-bond donors (Lipinski definition) is 2. The summed E-state index contributed by atoms with van der Waals surface area (Å²) in [6, 6.07) is 4.48. The van der Waals surface area contributed by atoms with Crippen molar-refractivity contribution < 1.29 is 9.53 Å². The Morgan fingerprint density at radius 1 is 1.00 bits per heavy atom. The van der Waals surface area contributed by atoms with Crippen LogP contribution in [0.1, 0.15) is 50.5 Å². The maximum atomic E-state index is 12.8. The van der Waals surface area contributed by atoms with Crippen molar-refractivity contribution in [3.8, 4) is 0 Å². The van der Waals surface area contributed by atoms with E-state index in [0.29, 0.717) is 24.4 Å². The topological polar surface area (TPSA) is 98.8 Å². The molecule has 1 saturated carbocycles. The smallest absolute Gasteiger partial charge is 0.246 e. The van der Waals surface area contributed by atoms with Crippen molar-refractivity contribution in [3.63, 3.8) is 0 Å². The highest BCUT2D eigenvalue weighted by atomic mass is 16.5. The molecule has 10 nitrogen and oxygen atoms in total. The second-order valence-corrected chi connectivity index (χ2v) is 11.5. The number of piperidine rings is 1. The molecule has 5 aliphatic rings. The molecular weight excluding hydrogens is 492 g/mol. The number of ether oxygens (including phenoxy) is 1. The molecule has 1 spiro atoms. The molecule has 1 amide bonds. The van der Waals surface area contributed by atoms with Crippen LogP contribution in [0.3, 0.4) is 0 Å². The Bertz CT molecular complexity index is 1210. The van der Waals surface area contributed by atoms with Crippen molar-refractivity contribution >= 4 is 35.3 Å². The minimum absolute atomic E-state index is 0.0486. The number of hydrogen-bond acceptors (Lipinski definition) is 9. The van der Waals surface area contributed by atoms with Gasteiger partial charge in [-0.2, -0.15) is 4.98 Å². The molecule has 6 heterocycles. The van der Waals surface area contributed by atoms with Crippen molar-refractivity contribution in [1.82, 2.24) is 25.2 Å². The van der Waals surface area contributed by atoms with Crippen LogP contribution in [0.2, 0.25) is 0 Å². The van der Waals surface area contributed by atoms with E-state index in [0.717, 1.165) is 69.3 Å². The number of amides is 1. The zero-order valence-corrected chi connectivity index (χ0v) is 22.5. The first-order valence-electron chi connectivity index (χ1n) is 14.6. The molecule has 7 rings (SSSR count). The fourth-order valence-corrected chi connectivity index (χ4v) is 7.15. The van der Waals surface area contributed by atoms with E-state index in [1.807, 2.05) is 30.6 Å². The number of morpholine rings is 1. The van der Waals surface area contributed by atoms with Gasteiger partial charge in [0.1, 0.15) is 17.7 Å². The quantitative estimate of drug-likeness (QED) is 0.618. The molecule has 3 saturated heterocycles. The second kappa shape index (κ2) is 10.4. The van der Waals surface area contributed by atoms with Crippen LogP contribution in [-0.2, 0) is 9.53 Å². The van der Waals surface area contributed by atoms with E-state index in [-0.39, 0.29) is 17.5 Å². The average Bonchev–Trinajstić information content (AvgIpc) is 3.00. The van der Waals surface area contributed by atoms with E-state index in [2.05, 4.69) is 36.4 Å². The third kappa shape index (κ3) is 4.74. The number of carbonyl (C=O) groups excluding carboxylic acids is 1. The lowest BCUT2D eigenvalue weighted by Crippen LogP contribution is -2.69. The number of nitrogens with zero attached hydrogens (tertiary/aromatic N) is 6. The van der Waals surface area contributed by atoms with Crippen molar-refractivity contribution in [2.75, 3.05) is 61.1 Å². The van der Waals surface area contributed by atoms with Crippen LogP contribution in [-0.4, -0.2) is 89.3 Å². The van der Waals surface area contributed by atoms with Crippen LogP contribution < -0.4 is 20.4 Å². The van der Waals surface area contributed by atoms with Gasteiger partial charge in [-0.1, -0.05) is 31.4 Å². The highest BCUT2D eigenvalue weighted by molar-refractivity contribution is 5.93. The van der Waals surface area contributed by atoms with E-state index < -0.39 is 0 Å². The van der Waals surface area contributed by atoms with Gasteiger partial charge in [0, 0.05) is 50.5 Å². The summed E-state index contributed by atoms with van der Waals surface area (Å²) < 4.78 is 5.52. The summed E-state index contributed by atoms with van der Waals surface area (Å²) in [7, 11) is 0. The molecule has 1 unspecified atom stereocenters. The molecule has 0 bridgehead atoms. The zero-order chi connectivity index (χ0) is 26.2. The summed E-state index contributed by atoms with van der Waals surface area (Å²) in [6.45, 7) is 6.60. The molecular formula is C29H38N8O2. The summed E-state index contributed by atoms with van der Waals surface area (Å²) in [5.41, 5.74) is 2.02. The molecule has 2 aromatic heterocycles. The van der Waals surface area contributed by atoms with Gasteiger partial charge in [-0.05, 0) is 37.8 Å². The summed E-state index contributed by atoms with van der Waals surface area (Å²) in [5, 5.41) is 6.48. The molecule has 4 aliphatic heterocycles. The Labute approximate surface area is 229 Å². The number of rotatable bonds is 4. The van der Waals surface area contributed by atoms with Crippen molar-refractivity contribution in [3.05, 3.63) is 36.2 Å². The van der Waals surface area contributed by atoms with Crippen molar-refractivity contribution in [2.24, 2.45) is 0 Å². The predicted octanol–water partition coefficient (Wildman–Crippen LogP) is 2.95. The van der Waals surface area contributed by atoms with Gasteiger partial charge in [-0.3, -0.25) is 9.69 Å². The van der Waals surface area contributed by atoms with Gasteiger partial charge in [0.15, 0.2) is 0 Å². The van der Waals surface area contributed by atoms with E-state index in [4.69, 9.17) is 14.7 Å². The fourth-order valence-electron chi connectivity index (χ4n) is 7.15. The SMILES string of the molecule is O=C1NCC2(CCCCC2)N2c3nc(Nc4ccc(N5CCC(N6CCOCC6)CC5)cn4)ncc3C=CC12. The molecule has 0 radical (unpaired) electrons. The number of carbonyl (C=O) groups is 1. The molecule has 2 N–H and O–H groups in total. The number of aromatic nitrogens is 3. The lowest BCUT2D eigenvalue weighted by atomic mass is 9.77. The van der Waals surface area contributed by atoms with Gasteiger partial charge in [0.25, 0.3) is 0 Å². The minimum Gasteiger partial charge on any atom is -0.379 e.